The monoisotopic (exact) mass is 211 g/mol. The zero-order valence-electron chi connectivity index (χ0n) is 8.65. The number of nitrogens with zero attached hydrogens (tertiary/aromatic N) is 2. The van der Waals surface area contributed by atoms with Crippen molar-refractivity contribution in [2.75, 3.05) is 13.1 Å². The molecule has 1 aromatic heterocycles. The van der Waals surface area contributed by atoms with Crippen LogP contribution in [0.4, 0.5) is 4.79 Å². The lowest BCUT2D eigenvalue weighted by Crippen LogP contribution is -2.47. The molecule has 1 saturated heterocycles. The summed E-state index contributed by atoms with van der Waals surface area (Å²) in [7, 11) is 0. The predicted molar refractivity (Wildman–Crippen MR) is 56.7 cm³/mol. The Hall–Kier alpha value is -1.56. The minimum Gasteiger partial charge on any atom is -0.351 e. The number of carbonyl (C=O) groups excluding carboxylic acids is 1. The van der Waals surface area contributed by atoms with E-state index in [2.05, 4.69) is 15.4 Å². The fraction of sp³-hybridized carbons (Fsp3) is 0.556. The number of amides is 2. The van der Waals surface area contributed by atoms with Gasteiger partial charge in [0.05, 0.1) is 6.33 Å². The number of piperidine rings is 1. The lowest BCUT2D eigenvalue weighted by atomic mass is 10.2. The van der Waals surface area contributed by atoms with Crippen LogP contribution in [-0.2, 0) is 0 Å². The molecule has 2 rings (SSSR count). The smallest absolute Gasteiger partial charge is 0.326 e. The number of nitrogens with one attached hydrogen (secondary N) is 2. The van der Waals surface area contributed by atoms with E-state index in [1.807, 2.05) is 5.01 Å². The number of urea groups is 1. The van der Waals surface area contributed by atoms with Gasteiger partial charge in [0.25, 0.3) is 0 Å². The number of imidazole rings is 1. The molecule has 0 saturated carbocycles. The maximum Gasteiger partial charge on any atom is 0.326 e. The Bertz CT molecular complexity index is 238. The van der Waals surface area contributed by atoms with Crippen LogP contribution in [0.1, 0.15) is 19.3 Å². The van der Waals surface area contributed by atoms with Gasteiger partial charge in [0.1, 0.15) is 0 Å². The molecule has 1 aromatic rings. The van der Waals surface area contributed by atoms with Gasteiger partial charge in [-0.1, -0.05) is 6.42 Å². The normalized spacial score (nSPS) is 16.3. The van der Waals surface area contributed by atoms with Gasteiger partial charge in [-0.15, -0.1) is 0 Å². The number of hydrogen-bond donors (Lipinski definition) is 3. The van der Waals surface area contributed by atoms with Gasteiger partial charge < -0.3 is 10.7 Å². The molecule has 2 amide bonds. The maximum absolute atomic E-state index is 10.3. The third kappa shape index (κ3) is 5.69. The molecule has 0 atom stereocenters. The van der Waals surface area contributed by atoms with Crippen LogP contribution in [0, 0.1) is 0 Å². The second kappa shape index (κ2) is 6.83. The van der Waals surface area contributed by atoms with E-state index in [-0.39, 0.29) is 0 Å². The highest BCUT2D eigenvalue weighted by molar-refractivity contribution is 5.70. The zero-order chi connectivity index (χ0) is 10.9. The van der Waals surface area contributed by atoms with Crippen LogP contribution in [0.3, 0.4) is 0 Å². The van der Waals surface area contributed by atoms with Gasteiger partial charge in [0, 0.05) is 25.5 Å². The van der Waals surface area contributed by atoms with E-state index in [4.69, 9.17) is 5.73 Å². The van der Waals surface area contributed by atoms with Crippen LogP contribution in [0.25, 0.3) is 0 Å². The van der Waals surface area contributed by atoms with Gasteiger partial charge in [-0.05, 0) is 12.8 Å². The first-order chi connectivity index (χ1) is 7.29. The largest absolute Gasteiger partial charge is 0.351 e. The van der Waals surface area contributed by atoms with Crippen molar-refractivity contribution in [2.24, 2.45) is 5.73 Å². The third-order valence-corrected chi connectivity index (χ3v) is 2.03. The van der Waals surface area contributed by atoms with Crippen molar-refractivity contribution in [3.05, 3.63) is 18.7 Å². The molecular weight excluding hydrogens is 194 g/mol. The molecule has 15 heavy (non-hydrogen) atoms. The fourth-order valence-corrected chi connectivity index (χ4v) is 1.38. The Morgan fingerprint density at radius 3 is 2.53 bits per heavy atom. The Balaban J connectivity index is 0.000000187. The molecule has 2 heterocycles. The van der Waals surface area contributed by atoms with Gasteiger partial charge >= 0.3 is 6.03 Å². The number of nitrogens with two attached hydrogens (primary N) is 1. The van der Waals surface area contributed by atoms with Gasteiger partial charge in [0.2, 0.25) is 0 Å². The lowest BCUT2D eigenvalue weighted by molar-refractivity contribution is 0.160. The highest BCUT2D eigenvalue weighted by Crippen LogP contribution is 2.04. The van der Waals surface area contributed by atoms with Crippen molar-refractivity contribution in [2.45, 2.75) is 19.3 Å². The standard InChI is InChI=1S/C6H13N3O.C3H4N2/c7-6(10)8-9-4-2-1-3-5-9;1-2-5-3-4-1/h1-5H2,(H3,7,8,10);1-3H,(H,4,5). The van der Waals surface area contributed by atoms with Gasteiger partial charge in [-0.25, -0.2) is 14.8 Å². The number of rotatable bonds is 1. The number of hydrogen-bond acceptors (Lipinski definition) is 3. The number of hydrazine groups is 1. The molecule has 0 bridgehead atoms. The van der Waals surface area contributed by atoms with Crippen LogP contribution in [-0.4, -0.2) is 34.1 Å². The molecular formula is C9H17N5O. The molecule has 0 aliphatic carbocycles. The number of primary amides is 1. The zero-order valence-corrected chi connectivity index (χ0v) is 8.65. The van der Waals surface area contributed by atoms with E-state index >= 15 is 0 Å². The average molecular weight is 211 g/mol. The topological polar surface area (TPSA) is 87.0 Å². The first-order valence-corrected chi connectivity index (χ1v) is 5.03. The molecule has 1 aliphatic rings. The van der Waals surface area contributed by atoms with E-state index < -0.39 is 6.03 Å². The number of aromatic amines is 1. The maximum atomic E-state index is 10.3. The SMILES string of the molecule is NC(=O)NN1CCCCC1.c1c[nH]cn1. The van der Waals surface area contributed by atoms with Crippen molar-refractivity contribution in [1.29, 1.82) is 0 Å². The molecule has 0 aromatic carbocycles. The third-order valence-electron chi connectivity index (χ3n) is 2.03. The Morgan fingerprint density at radius 1 is 1.40 bits per heavy atom. The lowest BCUT2D eigenvalue weighted by Gasteiger charge is -2.25. The number of carbonyl (C=O) groups is 1. The highest BCUT2D eigenvalue weighted by atomic mass is 16.2. The van der Waals surface area contributed by atoms with Crippen molar-refractivity contribution in [1.82, 2.24) is 20.4 Å². The second-order valence-corrected chi connectivity index (χ2v) is 3.28. The van der Waals surface area contributed by atoms with Crippen molar-refractivity contribution in [3.8, 4) is 0 Å². The van der Waals surface area contributed by atoms with Crippen LogP contribution in [0.15, 0.2) is 18.7 Å². The summed E-state index contributed by atoms with van der Waals surface area (Å²) in [5.41, 5.74) is 7.49. The Kier molecular flexibility index (Phi) is 5.24. The quantitative estimate of drug-likeness (QED) is 0.631. The van der Waals surface area contributed by atoms with E-state index in [1.165, 1.54) is 6.42 Å². The van der Waals surface area contributed by atoms with E-state index in [0.717, 1.165) is 25.9 Å². The summed E-state index contributed by atoms with van der Waals surface area (Å²) >= 11 is 0. The van der Waals surface area contributed by atoms with Crippen LogP contribution in [0.2, 0.25) is 0 Å². The van der Waals surface area contributed by atoms with Crippen molar-refractivity contribution in [3.63, 3.8) is 0 Å². The highest BCUT2D eigenvalue weighted by Gasteiger charge is 2.09. The molecule has 0 unspecified atom stereocenters. The molecule has 6 heteroatoms. The van der Waals surface area contributed by atoms with Crippen molar-refractivity contribution >= 4 is 6.03 Å². The molecule has 84 valence electrons. The molecule has 1 fully saturated rings. The summed E-state index contributed by atoms with van der Waals surface area (Å²) in [5.74, 6) is 0. The summed E-state index contributed by atoms with van der Waals surface area (Å²) in [6, 6.07) is -0.457. The average Bonchev–Trinajstić information content (AvgIpc) is 2.76. The minimum atomic E-state index is -0.457. The van der Waals surface area contributed by atoms with E-state index in [0.29, 0.717) is 0 Å². The molecule has 0 radical (unpaired) electrons. The Labute approximate surface area is 88.8 Å². The van der Waals surface area contributed by atoms with Gasteiger partial charge in [-0.3, -0.25) is 5.43 Å². The summed E-state index contributed by atoms with van der Waals surface area (Å²) < 4.78 is 0. The Morgan fingerprint density at radius 2 is 2.13 bits per heavy atom. The first kappa shape index (κ1) is 11.5. The molecule has 4 N–H and O–H groups in total. The number of H-pyrrole nitrogens is 1. The molecule has 6 nitrogen and oxygen atoms in total. The fourth-order valence-electron chi connectivity index (χ4n) is 1.38. The minimum absolute atomic E-state index is 0.457. The number of aromatic nitrogens is 2. The van der Waals surface area contributed by atoms with Gasteiger partial charge in [-0.2, -0.15) is 0 Å². The first-order valence-electron chi connectivity index (χ1n) is 5.03. The molecule has 1 aliphatic heterocycles. The predicted octanol–water partition coefficient (Wildman–Crippen LogP) is 0.465. The summed E-state index contributed by atoms with van der Waals surface area (Å²) in [6.07, 6.45) is 8.65. The van der Waals surface area contributed by atoms with Crippen LogP contribution < -0.4 is 11.2 Å². The van der Waals surface area contributed by atoms with Crippen LogP contribution in [0.5, 0.6) is 0 Å². The summed E-state index contributed by atoms with van der Waals surface area (Å²) in [4.78, 5) is 16.8. The van der Waals surface area contributed by atoms with Crippen molar-refractivity contribution < 1.29 is 4.79 Å². The van der Waals surface area contributed by atoms with E-state index in [1.54, 1.807) is 18.7 Å². The van der Waals surface area contributed by atoms with Gasteiger partial charge in [0.15, 0.2) is 0 Å². The van der Waals surface area contributed by atoms with Crippen LogP contribution >= 0.6 is 0 Å². The summed E-state index contributed by atoms with van der Waals surface area (Å²) in [5, 5.41) is 1.87. The summed E-state index contributed by atoms with van der Waals surface area (Å²) in [6.45, 7) is 1.87. The second-order valence-electron chi connectivity index (χ2n) is 3.28. The van der Waals surface area contributed by atoms with E-state index in [9.17, 15) is 4.79 Å². The molecule has 0 spiro atoms.